The Hall–Kier alpha value is -1.62. The van der Waals surface area contributed by atoms with Crippen molar-refractivity contribution < 1.29 is 9.59 Å². The smallest absolute Gasteiger partial charge is 0.255 e. The molecule has 1 aromatic carbocycles. The Morgan fingerprint density at radius 1 is 1.37 bits per heavy atom. The van der Waals surface area contributed by atoms with Crippen molar-refractivity contribution in [1.82, 2.24) is 5.32 Å². The lowest BCUT2D eigenvalue weighted by Gasteiger charge is -2.12. The average molecular weight is 325 g/mol. The monoisotopic (exact) mass is 324 g/mol. The van der Waals surface area contributed by atoms with E-state index < -0.39 is 0 Å². The van der Waals surface area contributed by atoms with E-state index >= 15 is 0 Å². The summed E-state index contributed by atoms with van der Waals surface area (Å²) in [7, 11) is 0. The normalized spacial score (nSPS) is 12.9. The van der Waals surface area contributed by atoms with Crippen LogP contribution in [-0.2, 0) is 4.79 Å². The number of halogens is 1. The zero-order valence-electron chi connectivity index (χ0n) is 10.9. The van der Waals surface area contributed by atoms with Gasteiger partial charge in [-0.1, -0.05) is 28.9 Å². The molecule has 0 aromatic heterocycles. The molecule has 1 rings (SSSR count). The Morgan fingerprint density at radius 3 is 2.42 bits per heavy atom. The topological polar surface area (TPSA) is 72.2 Å². The van der Waals surface area contributed by atoms with E-state index in [1.807, 2.05) is 6.92 Å². The summed E-state index contributed by atoms with van der Waals surface area (Å²) in [5.41, 5.74) is 6.47. The van der Waals surface area contributed by atoms with Crippen molar-refractivity contribution in [3.63, 3.8) is 0 Å². The molecule has 2 amide bonds. The zero-order valence-corrected chi connectivity index (χ0v) is 12.5. The van der Waals surface area contributed by atoms with Crippen LogP contribution < -0.4 is 11.1 Å². The predicted octanol–water partition coefficient (Wildman–Crippen LogP) is 2.59. The van der Waals surface area contributed by atoms with Crippen LogP contribution in [0.1, 0.15) is 30.6 Å². The maximum absolute atomic E-state index is 12.0. The average Bonchev–Trinajstić information content (AvgIpc) is 2.38. The van der Waals surface area contributed by atoms with E-state index in [-0.39, 0.29) is 17.7 Å². The van der Waals surface area contributed by atoms with Gasteiger partial charge >= 0.3 is 0 Å². The molecule has 19 heavy (non-hydrogen) atoms. The molecular formula is C14H17BrN2O2. The van der Waals surface area contributed by atoms with Crippen LogP contribution in [0.25, 0.3) is 0 Å². The summed E-state index contributed by atoms with van der Waals surface area (Å²) in [6.45, 7) is 3.54. The Bertz CT molecular complexity index is 495. The summed E-state index contributed by atoms with van der Waals surface area (Å²) >= 11 is 3.31. The molecule has 4 nitrogen and oxygen atoms in total. The number of carbonyl (C=O) groups excluding carboxylic acids is 2. The second kappa shape index (κ2) is 7.09. The Balaban J connectivity index is 2.69. The minimum Gasteiger partial charge on any atom is -0.369 e. The first-order chi connectivity index (χ1) is 8.93. The fraction of sp³-hybridized carbons (Fsp3) is 0.286. The Labute approximate surface area is 121 Å². The molecule has 5 heteroatoms. The number of nitrogens with one attached hydrogen (secondary N) is 1. The number of rotatable bonds is 5. The van der Waals surface area contributed by atoms with Gasteiger partial charge < -0.3 is 11.1 Å². The first-order valence-corrected chi connectivity index (χ1v) is 6.74. The second-order valence-electron chi connectivity index (χ2n) is 4.28. The molecule has 0 aliphatic carbocycles. The van der Waals surface area contributed by atoms with E-state index in [0.29, 0.717) is 17.7 Å². The molecule has 102 valence electrons. The molecule has 3 N–H and O–H groups in total. The minimum atomic E-state index is -0.378. The van der Waals surface area contributed by atoms with E-state index in [1.165, 1.54) is 0 Å². The number of hydrogen-bond acceptors (Lipinski definition) is 2. The molecule has 0 aliphatic heterocycles. The van der Waals surface area contributed by atoms with Crippen LogP contribution in [0.3, 0.4) is 0 Å². The summed E-state index contributed by atoms with van der Waals surface area (Å²) in [5, 5.41) is 2.79. The molecular weight excluding hydrogens is 308 g/mol. The third-order valence-electron chi connectivity index (χ3n) is 2.74. The highest BCUT2D eigenvalue weighted by atomic mass is 79.9. The molecule has 1 aromatic rings. The van der Waals surface area contributed by atoms with Gasteiger partial charge in [-0.2, -0.15) is 0 Å². The number of benzene rings is 1. The summed E-state index contributed by atoms with van der Waals surface area (Å²) < 4.78 is 0.914. The maximum Gasteiger partial charge on any atom is 0.255 e. The van der Waals surface area contributed by atoms with E-state index in [1.54, 1.807) is 37.3 Å². The van der Waals surface area contributed by atoms with Crippen molar-refractivity contribution in [3.8, 4) is 0 Å². The summed E-state index contributed by atoms with van der Waals surface area (Å²) in [6.07, 6.45) is 2.20. The van der Waals surface area contributed by atoms with Gasteiger partial charge in [0.05, 0.1) is 0 Å². The molecule has 0 fully saturated rings. The van der Waals surface area contributed by atoms with Crippen LogP contribution in [0.2, 0.25) is 0 Å². The van der Waals surface area contributed by atoms with Gasteiger partial charge in [-0.05, 0) is 37.6 Å². The summed E-state index contributed by atoms with van der Waals surface area (Å²) in [5.74, 6) is -0.883. The highest BCUT2D eigenvalue weighted by Crippen LogP contribution is 2.12. The van der Waals surface area contributed by atoms with Crippen LogP contribution >= 0.6 is 15.9 Å². The third-order valence-corrected chi connectivity index (χ3v) is 3.27. The number of hydrogen-bond donors (Lipinski definition) is 2. The highest BCUT2D eigenvalue weighted by molar-refractivity contribution is 9.10. The SMILES string of the molecule is C/C=C(/CC(C)C(N)=O)NC(=O)c1ccc(Br)cc1. The lowest BCUT2D eigenvalue weighted by molar-refractivity contribution is -0.121. The molecule has 1 atom stereocenters. The van der Waals surface area contributed by atoms with Gasteiger partial charge in [0.2, 0.25) is 5.91 Å². The molecule has 0 saturated heterocycles. The van der Waals surface area contributed by atoms with E-state index in [2.05, 4.69) is 21.2 Å². The number of primary amides is 1. The maximum atomic E-state index is 12.0. The predicted molar refractivity (Wildman–Crippen MR) is 78.3 cm³/mol. The first kappa shape index (κ1) is 15.4. The largest absolute Gasteiger partial charge is 0.369 e. The molecule has 0 radical (unpaired) electrons. The Morgan fingerprint density at radius 2 is 1.95 bits per heavy atom. The van der Waals surface area contributed by atoms with Crippen LogP contribution in [0, 0.1) is 5.92 Å². The van der Waals surface area contributed by atoms with Crippen LogP contribution in [-0.4, -0.2) is 11.8 Å². The van der Waals surface area contributed by atoms with Crippen molar-refractivity contribution in [1.29, 1.82) is 0 Å². The van der Waals surface area contributed by atoms with Crippen molar-refractivity contribution in [2.24, 2.45) is 11.7 Å². The van der Waals surface area contributed by atoms with Crippen molar-refractivity contribution in [3.05, 3.63) is 46.1 Å². The van der Waals surface area contributed by atoms with Crippen LogP contribution in [0.5, 0.6) is 0 Å². The molecule has 0 heterocycles. The lowest BCUT2D eigenvalue weighted by atomic mass is 10.0. The van der Waals surface area contributed by atoms with Crippen LogP contribution in [0.15, 0.2) is 40.5 Å². The number of allylic oxidation sites excluding steroid dienone is 2. The second-order valence-corrected chi connectivity index (χ2v) is 5.20. The zero-order chi connectivity index (χ0) is 14.4. The molecule has 0 aliphatic rings. The van der Waals surface area contributed by atoms with Crippen molar-refractivity contribution in [2.45, 2.75) is 20.3 Å². The van der Waals surface area contributed by atoms with Crippen molar-refractivity contribution in [2.75, 3.05) is 0 Å². The summed E-state index contributed by atoms with van der Waals surface area (Å²) in [4.78, 5) is 23.0. The number of nitrogens with two attached hydrogens (primary N) is 1. The fourth-order valence-corrected chi connectivity index (χ4v) is 1.76. The summed E-state index contributed by atoms with van der Waals surface area (Å²) in [6, 6.07) is 7.06. The third kappa shape index (κ3) is 4.87. The molecule has 0 bridgehead atoms. The van der Waals surface area contributed by atoms with E-state index in [9.17, 15) is 9.59 Å². The van der Waals surface area contributed by atoms with E-state index in [4.69, 9.17) is 5.73 Å². The van der Waals surface area contributed by atoms with Gasteiger partial charge in [0.25, 0.3) is 5.91 Å². The lowest BCUT2D eigenvalue weighted by Crippen LogP contribution is -2.27. The minimum absolute atomic E-state index is 0.197. The fourth-order valence-electron chi connectivity index (χ4n) is 1.49. The quantitative estimate of drug-likeness (QED) is 0.873. The molecule has 0 saturated carbocycles. The van der Waals surface area contributed by atoms with Gasteiger partial charge in [0, 0.05) is 21.7 Å². The van der Waals surface area contributed by atoms with Gasteiger partial charge in [-0.3, -0.25) is 9.59 Å². The van der Waals surface area contributed by atoms with Crippen molar-refractivity contribution >= 4 is 27.7 Å². The van der Waals surface area contributed by atoms with Gasteiger partial charge in [0.1, 0.15) is 0 Å². The highest BCUT2D eigenvalue weighted by Gasteiger charge is 2.13. The van der Waals surface area contributed by atoms with Gasteiger partial charge in [0.15, 0.2) is 0 Å². The van der Waals surface area contributed by atoms with Gasteiger partial charge in [-0.25, -0.2) is 0 Å². The van der Waals surface area contributed by atoms with Crippen LogP contribution in [0.4, 0.5) is 0 Å². The Kier molecular flexibility index (Phi) is 5.76. The van der Waals surface area contributed by atoms with Gasteiger partial charge in [-0.15, -0.1) is 0 Å². The molecule has 1 unspecified atom stereocenters. The first-order valence-electron chi connectivity index (χ1n) is 5.95. The molecule has 0 spiro atoms. The number of carbonyl (C=O) groups is 2. The van der Waals surface area contributed by atoms with E-state index in [0.717, 1.165) is 4.47 Å². The number of amides is 2. The standard InChI is InChI=1S/C14H17BrN2O2/c1-3-12(8-9(2)13(16)18)17-14(19)10-4-6-11(15)7-5-10/h3-7,9H,8H2,1-2H3,(H2,16,18)(H,17,19)/b12-3-.